The van der Waals surface area contributed by atoms with Crippen LogP contribution in [0.25, 0.3) is 5.78 Å². The third kappa shape index (κ3) is 3.13. The van der Waals surface area contributed by atoms with Gasteiger partial charge < -0.3 is 5.11 Å². The molecule has 2 heterocycles. The van der Waals surface area contributed by atoms with Crippen LogP contribution in [0.15, 0.2) is 35.5 Å². The smallest absolute Gasteiger partial charge is 0.253 e. The van der Waals surface area contributed by atoms with Crippen molar-refractivity contribution in [2.75, 3.05) is 5.75 Å². The second-order valence-corrected chi connectivity index (χ2v) is 6.37. The molecule has 1 atom stereocenters. The molecule has 3 rings (SSSR count). The molecule has 0 amide bonds. The van der Waals surface area contributed by atoms with Crippen molar-refractivity contribution in [2.45, 2.75) is 32.0 Å². The molecule has 1 aromatic carbocycles. The fourth-order valence-electron chi connectivity index (χ4n) is 2.25. The highest BCUT2D eigenvalue weighted by Gasteiger charge is 2.12. The molecule has 0 saturated carbocycles. The summed E-state index contributed by atoms with van der Waals surface area (Å²) in [6.45, 7) is 5.95. The van der Waals surface area contributed by atoms with Gasteiger partial charge in [0, 0.05) is 17.1 Å². The maximum absolute atomic E-state index is 10.2. The zero-order chi connectivity index (χ0) is 15.7. The van der Waals surface area contributed by atoms with E-state index in [0.717, 1.165) is 17.0 Å². The molecule has 0 fully saturated rings. The second-order valence-electron chi connectivity index (χ2n) is 5.38. The van der Waals surface area contributed by atoms with Gasteiger partial charge in [-0.1, -0.05) is 41.6 Å². The number of aliphatic hydroxyl groups is 1. The van der Waals surface area contributed by atoms with Crippen molar-refractivity contribution < 1.29 is 5.11 Å². The number of thioether (sulfide) groups is 1. The Morgan fingerprint density at radius 2 is 1.86 bits per heavy atom. The summed E-state index contributed by atoms with van der Waals surface area (Å²) in [4.78, 5) is 8.77. The topological polar surface area (TPSA) is 63.3 Å². The number of nitrogens with zero attached hydrogens (tertiary/aromatic N) is 4. The normalized spacial score (nSPS) is 12.7. The quantitative estimate of drug-likeness (QED) is 0.750. The van der Waals surface area contributed by atoms with Gasteiger partial charge in [-0.15, -0.1) is 5.10 Å². The molecule has 6 heteroatoms. The van der Waals surface area contributed by atoms with Crippen LogP contribution in [-0.2, 0) is 0 Å². The first-order chi connectivity index (χ1) is 10.5. The van der Waals surface area contributed by atoms with Gasteiger partial charge >= 0.3 is 0 Å². The van der Waals surface area contributed by atoms with E-state index in [1.807, 2.05) is 51.1 Å². The molecule has 3 aromatic rings. The summed E-state index contributed by atoms with van der Waals surface area (Å²) < 4.78 is 1.73. The van der Waals surface area contributed by atoms with Crippen LogP contribution in [0.5, 0.6) is 0 Å². The van der Waals surface area contributed by atoms with E-state index >= 15 is 0 Å². The molecule has 0 spiro atoms. The lowest BCUT2D eigenvalue weighted by Crippen LogP contribution is -2.01. The molecule has 0 saturated heterocycles. The summed E-state index contributed by atoms with van der Waals surface area (Å²) >= 11 is 1.43. The van der Waals surface area contributed by atoms with Gasteiger partial charge in [-0.25, -0.2) is 9.50 Å². The number of aromatic nitrogens is 4. The minimum atomic E-state index is -0.534. The summed E-state index contributed by atoms with van der Waals surface area (Å²) in [5, 5.41) is 15.3. The number of hydrogen-bond donors (Lipinski definition) is 1. The van der Waals surface area contributed by atoms with E-state index in [4.69, 9.17) is 0 Å². The standard InChI is InChI=1S/C16H18N4OS/c1-10-4-6-13(7-5-10)14(21)9-22-16-18-15-17-11(2)8-12(3)20(15)19-16/h4-8,14,21H,9H2,1-3H3. The van der Waals surface area contributed by atoms with Crippen molar-refractivity contribution in [2.24, 2.45) is 0 Å². The Kier molecular flexibility index (Phi) is 4.13. The average Bonchev–Trinajstić information content (AvgIpc) is 2.89. The maximum Gasteiger partial charge on any atom is 0.253 e. The molecule has 0 aliphatic heterocycles. The first kappa shape index (κ1) is 15.0. The van der Waals surface area contributed by atoms with Crippen molar-refractivity contribution in [3.8, 4) is 0 Å². The minimum Gasteiger partial charge on any atom is -0.388 e. The van der Waals surface area contributed by atoms with Crippen LogP contribution < -0.4 is 0 Å². The van der Waals surface area contributed by atoms with E-state index in [1.54, 1.807) is 4.52 Å². The van der Waals surface area contributed by atoms with Crippen LogP contribution in [0.4, 0.5) is 0 Å². The SMILES string of the molecule is Cc1ccc(C(O)CSc2nc3nc(C)cc(C)n3n2)cc1. The molecule has 0 aliphatic rings. The predicted molar refractivity (Wildman–Crippen MR) is 87.1 cm³/mol. The molecule has 1 unspecified atom stereocenters. The monoisotopic (exact) mass is 314 g/mol. The van der Waals surface area contributed by atoms with Crippen molar-refractivity contribution in [3.05, 3.63) is 52.8 Å². The van der Waals surface area contributed by atoms with Gasteiger partial charge in [0.05, 0.1) is 6.10 Å². The third-order valence-corrected chi connectivity index (χ3v) is 4.34. The Hall–Kier alpha value is -1.92. The molecule has 22 heavy (non-hydrogen) atoms. The summed E-state index contributed by atoms with van der Waals surface area (Å²) in [6.07, 6.45) is -0.534. The lowest BCUT2D eigenvalue weighted by molar-refractivity contribution is 0.204. The highest BCUT2D eigenvalue weighted by atomic mass is 32.2. The molecule has 0 aliphatic carbocycles. The van der Waals surface area contributed by atoms with E-state index in [-0.39, 0.29) is 0 Å². The highest BCUT2D eigenvalue weighted by Crippen LogP contribution is 2.23. The second kappa shape index (κ2) is 6.06. The zero-order valence-electron chi connectivity index (χ0n) is 12.8. The van der Waals surface area contributed by atoms with Gasteiger partial charge in [0.15, 0.2) is 0 Å². The average molecular weight is 314 g/mol. The molecule has 114 valence electrons. The van der Waals surface area contributed by atoms with E-state index in [2.05, 4.69) is 15.1 Å². The number of hydrogen-bond acceptors (Lipinski definition) is 5. The summed E-state index contributed by atoms with van der Waals surface area (Å²) in [5.41, 5.74) is 4.02. The minimum absolute atomic E-state index is 0.512. The number of benzene rings is 1. The van der Waals surface area contributed by atoms with E-state index in [9.17, 15) is 5.11 Å². The van der Waals surface area contributed by atoms with E-state index in [0.29, 0.717) is 16.7 Å². The lowest BCUT2D eigenvalue weighted by atomic mass is 10.1. The first-order valence-electron chi connectivity index (χ1n) is 7.11. The van der Waals surface area contributed by atoms with Gasteiger partial charge in [0.25, 0.3) is 5.78 Å². The van der Waals surface area contributed by atoms with E-state index in [1.165, 1.54) is 17.3 Å². The van der Waals surface area contributed by atoms with Crippen molar-refractivity contribution in [3.63, 3.8) is 0 Å². The number of fused-ring (bicyclic) bond motifs is 1. The number of aryl methyl sites for hydroxylation is 3. The Morgan fingerprint density at radius 1 is 1.14 bits per heavy atom. The third-order valence-electron chi connectivity index (χ3n) is 3.43. The first-order valence-corrected chi connectivity index (χ1v) is 8.10. The van der Waals surface area contributed by atoms with Crippen LogP contribution >= 0.6 is 11.8 Å². The van der Waals surface area contributed by atoms with Crippen LogP contribution in [0.3, 0.4) is 0 Å². The molecule has 5 nitrogen and oxygen atoms in total. The van der Waals surface area contributed by atoms with Gasteiger partial charge in [0.2, 0.25) is 5.16 Å². The van der Waals surface area contributed by atoms with Crippen LogP contribution in [0, 0.1) is 20.8 Å². The highest BCUT2D eigenvalue weighted by molar-refractivity contribution is 7.99. The molecule has 2 aromatic heterocycles. The van der Waals surface area contributed by atoms with Crippen LogP contribution in [-0.4, -0.2) is 30.4 Å². The molecule has 1 N–H and O–H groups in total. The van der Waals surface area contributed by atoms with Gasteiger partial charge in [-0.3, -0.25) is 0 Å². The van der Waals surface area contributed by atoms with Crippen molar-refractivity contribution in [1.29, 1.82) is 0 Å². The number of aliphatic hydroxyl groups excluding tert-OH is 1. The molecule has 0 radical (unpaired) electrons. The Labute approximate surface area is 133 Å². The van der Waals surface area contributed by atoms with Crippen molar-refractivity contribution >= 4 is 17.5 Å². The van der Waals surface area contributed by atoms with Gasteiger partial charge in [-0.2, -0.15) is 4.98 Å². The summed E-state index contributed by atoms with van der Waals surface area (Å²) in [6, 6.07) is 9.88. The Balaban J connectivity index is 1.73. The fourth-order valence-corrected chi connectivity index (χ4v) is 3.03. The Bertz CT molecular complexity index is 798. The molecular weight excluding hydrogens is 296 g/mol. The summed E-state index contributed by atoms with van der Waals surface area (Å²) in [7, 11) is 0. The fraction of sp³-hybridized carbons (Fsp3) is 0.312. The van der Waals surface area contributed by atoms with Gasteiger partial charge in [0.1, 0.15) is 0 Å². The summed E-state index contributed by atoms with van der Waals surface area (Å²) in [5.74, 6) is 1.11. The molecular formula is C16H18N4OS. The van der Waals surface area contributed by atoms with E-state index < -0.39 is 6.10 Å². The van der Waals surface area contributed by atoms with Crippen molar-refractivity contribution in [1.82, 2.24) is 19.6 Å². The molecule has 0 bridgehead atoms. The Morgan fingerprint density at radius 3 is 2.59 bits per heavy atom. The van der Waals surface area contributed by atoms with Crippen LogP contribution in [0.2, 0.25) is 0 Å². The zero-order valence-corrected chi connectivity index (χ0v) is 13.6. The lowest BCUT2D eigenvalue weighted by Gasteiger charge is -2.09. The maximum atomic E-state index is 10.2. The number of rotatable bonds is 4. The van der Waals surface area contributed by atoms with Gasteiger partial charge in [-0.05, 0) is 32.4 Å². The predicted octanol–water partition coefficient (Wildman–Crippen LogP) is 2.88. The largest absolute Gasteiger partial charge is 0.388 e. The van der Waals surface area contributed by atoms with Crippen LogP contribution in [0.1, 0.15) is 28.6 Å².